The van der Waals surface area contributed by atoms with E-state index in [9.17, 15) is 14.4 Å². The Morgan fingerprint density at radius 3 is 2.48 bits per heavy atom. The second kappa shape index (κ2) is 7.26. The lowest BCUT2D eigenvalue weighted by Crippen LogP contribution is -2.55. The zero-order valence-corrected chi connectivity index (χ0v) is 12.3. The minimum Gasteiger partial charge on any atom is -0.450 e. The topological polar surface area (TPSA) is 82.2 Å². The van der Waals surface area contributed by atoms with Crippen LogP contribution in [0.2, 0.25) is 0 Å². The number of nitrogens with one attached hydrogen (secondary N) is 1. The van der Waals surface area contributed by atoms with Crippen molar-refractivity contribution < 1.29 is 19.1 Å². The van der Waals surface area contributed by atoms with Crippen molar-refractivity contribution in [3.05, 3.63) is 0 Å². The lowest BCUT2D eigenvalue weighted by atomic mass is 10.3. The zero-order valence-electron chi connectivity index (χ0n) is 12.3. The van der Waals surface area contributed by atoms with Crippen LogP contribution in [0, 0.1) is 0 Å². The molecule has 0 atom stereocenters. The number of hydrogen-bond acceptors (Lipinski definition) is 5. The van der Waals surface area contributed by atoms with Gasteiger partial charge in [0, 0.05) is 39.3 Å². The van der Waals surface area contributed by atoms with Crippen molar-refractivity contribution in [2.45, 2.75) is 6.92 Å². The van der Waals surface area contributed by atoms with Gasteiger partial charge in [0.25, 0.3) is 0 Å². The van der Waals surface area contributed by atoms with Crippen LogP contribution in [0.1, 0.15) is 6.92 Å². The Morgan fingerprint density at radius 2 is 1.86 bits per heavy atom. The molecule has 0 saturated carbocycles. The van der Waals surface area contributed by atoms with Crippen molar-refractivity contribution >= 4 is 17.9 Å². The third-order valence-corrected chi connectivity index (χ3v) is 3.65. The first-order valence-corrected chi connectivity index (χ1v) is 7.28. The van der Waals surface area contributed by atoms with Crippen molar-refractivity contribution in [2.75, 3.05) is 59.0 Å². The number of rotatable bonds is 3. The van der Waals surface area contributed by atoms with E-state index in [4.69, 9.17) is 4.74 Å². The zero-order chi connectivity index (χ0) is 15.2. The molecule has 2 heterocycles. The first-order valence-electron chi connectivity index (χ1n) is 7.28. The fourth-order valence-corrected chi connectivity index (χ4v) is 2.45. The Labute approximate surface area is 124 Å². The smallest absolute Gasteiger partial charge is 0.409 e. The summed E-state index contributed by atoms with van der Waals surface area (Å²) in [4.78, 5) is 40.2. The molecule has 2 aliphatic heterocycles. The quantitative estimate of drug-likeness (QED) is 0.702. The van der Waals surface area contributed by atoms with Gasteiger partial charge in [0.1, 0.15) is 0 Å². The summed E-state index contributed by atoms with van der Waals surface area (Å²) in [5, 5.41) is 2.70. The summed E-state index contributed by atoms with van der Waals surface area (Å²) >= 11 is 0. The first-order chi connectivity index (χ1) is 10.1. The van der Waals surface area contributed by atoms with Crippen molar-refractivity contribution in [3.63, 3.8) is 0 Å². The summed E-state index contributed by atoms with van der Waals surface area (Å²) in [7, 11) is 0. The Balaban J connectivity index is 1.74. The molecule has 21 heavy (non-hydrogen) atoms. The van der Waals surface area contributed by atoms with Crippen LogP contribution in [-0.2, 0) is 14.3 Å². The van der Waals surface area contributed by atoms with E-state index in [1.807, 2.05) is 4.90 Å². The van der Waals surface area contributed by atoms with Gasteiger partial charge in [-0.1, -0.05) is 0 Å². The highest BCUT2D eigenvalue weighted by molar-refractivity contribution is 5.86. The summed E-state index contributed by atoms with van der Waals surface area (Å²) in [6, 6.07) is 0. The number of carbonyl (C=O) groups excluding carboxylic acids is 3. The molecule has 2 fully saturated rings. The molecule has 0 aromatic rings. The normalized spacial score (nSPS) is 20.1. The van der Waals surface area contributed by atoms with Crippen LogP contribution >= 0.6 is 0 Å². The Morgan fingerprint density at radius 1 is 1.14 bits per heavy atom. The van der Waals surface area contributed by atoms with Gasteiger partial charge in [-0.25, -0.2) is 4.79 Å². The Bertz CT molecular complexity index is 407. The molecule has 0 bridgehead atoms. The largest absolute Gasteiger partial charge is 0.450 e. The molecule has 0 aromatic heterocycles. The maximum Gasteiger partial charge on any atom is 0.409 e. The minimum absolute atomic E-state index is 0.0329. The van der Waals surface area contributed by atoms with Crippen LogP contribution in [0.25, 0.3) is 0 Å². The van der Waals surface area contributed by atoms with E-state index in [2.05, 4.69) is 5.32 Å². The van der Waals surface area contributed by atoms with Gasteiger partial charge in [0.05, 0.1) is 19.7 Å². The van der Waals surface area contributed by atoms with Crippen molar-refractivity contribution in [1.82, 2.24) is 20.0 Å². The van der Waals surface area contributed by atoms with Gasteiger partial charge in [-0.3, -0.25) is 14.5 Å². The van der Waals surface area contributed by atoms with Gasteiger partial charge in [0.2, 0.25) is 11.8 Å². The van der Waals surface area contributed by atoms with E-state index in [0.717, 1.165) is 0 Å². The molecular formula is C13H22N4O4. The number of piperazine rings is 2. The third kappa shape index (κ3) is 4.32. The highest BCUT2D eigenvalue weighted by atomic mass is 16.6. The SMILES string of the molecule is CCOC(=O)N1CCN(CC(=O)N2CCNC(=O)C2)CC1. The van der Waals surface area contributed by atoms with E-state index < -0.39 is 0 Å². The number of ether oxygens (including phenoxy) is 1. The highest BCUT2D eigenvalue weighted by Crippen LogP contribution is 2.05. The standard InChI is InChI=1S/C13H22N4O4/c1-2-21-13(20)16-7-5-15(6-8-16)10-12(19)17-4-3-14-11(18)9-17/h2-10H2,1H3,(H,14,18). The molecule has 0 aromatic carbocycles. The Kier molecular flexibility index (Phi) is 5.38. The first kappa shape index (κ1) is 15.6. The van der Waals surface area contributed by atoms with Gasteiger partial charge >= 0.3 is 6.09 Å². The summed E-state index contributed by atoms with van der Waals surface area (Å²) in [6.07, 6.45) is -0.295. The summed E-state index contributed by atoms with van der Waals surface area (Å²) in [5.41, 5.74) is 0. The van der Waals surface area contributed by atoms with Gasteiger partial charge in [0.15, 0.2) is 0 Å². The molecule has 0 radical (unpaired) electrons. The molecule has 0 spiro atoms. The minimum atomic E-state index is -0.295. The molecule has 118 valence electrons. The van der Waals surface area contributed by atoms with Gasteiger partial charge in [-0.15, -0.1) is 0 Å². The highest BCUT2D eigenvalue weighted by Gasteiger charge is 2.26. The van der Waals surface area contributed by atoms with E-state index in [-0.39, 0.29) is 24.5 Å². The van der Waals surface area contributed by atoms with Crippen LogP contribution in [0.3, 0.4) is 0 Å². The summed E-state index contributed by atoms with van der Waals surface area (Å²) < 4.78 is 4.95. The summed E-state index contributed by atoms with van der Waals surface area (Å²) in [6.45, 7) is 6.07. The second-order valence-electron chi connectivity index (χ2n) is 5.13. The molecule has 0 aliphatic carbocycles. The molecule has 2 saturated heterocycles. The van der Waals surface area contributed by atoms with E-state index in [1.54, 1.807) is 16.7 Å². The monoisotopic (exact) mass is 298 g/mol. The number of hydrogen-bond donors (Lipinski definition) is 1. The van der Waals surface area contributed by atoms with Gasteiger partial charge < -0.3 is 19.9 Å². The fraction of sp³-hybridized carbons (Fsp3) is 0.769. The predicted octanol–water partition coefficient (Wildman–Crippen LogP) is -1.28. The van der Waals surface area contributed by atoms with Crippen LogP contribution in [0.5, 0.6) is 0 Å². The number of nitrogens with zero attached hydrogens (tertiary/aromatic N) is 3. The lowest BCUT2D eigenvalue weighted by Gasteiger charge is -2.35. The Hall–Kier alpha value is -1.83. The van der Waals surface area contributed by atoms with Gasteiger partial charge in [-0.2, -0.15) is 0 Å². The number of amides is 3. The van der Waals surface area contributed by atoms with E-state index in [0.29, 0.717) is 52.4 Å². The predicted molar refractivity (Wildman–Crippen MR) is 74.6 cm³/mol. The maximum atomic E-state index is 12.1. The molecule has 8 nitrogen and oxygen atoms in total. The molecule has 1 N–H and O–H groups in total. The average Bonchev–Trinajstić information content (AvgIpc) is 2.48. The van der Waals surface area contributed by atoms with Crippen molar-refractivity contribution in [3.8, 4) is 0 Å². The van der Waals surface area contributed by atoms with Crippen LogP contribution in [0.4, 0.5) is 4.79 Å². The van der Waals surface area contributed by atoms with E-state index >= 15 is 0 Å². The van der Waals surface area contributed by atoms with Crippen LogP contribution in [0.15, 0.2) is 0 Å². The summed E-state index contributed by atoms with van der Waals surface area (Å²) in [5.74, 6) is -0.142. The lowest BCUT2D eigenvalue weighted by molar-refractivity contribution is -0.139. The molecule has 8 heteroatoms. The maximum absolute atomic E-state index is 12.1. The molecule has 2 aliphatic rings. The van der Waals surface area contributed by atoms with Gasteiger partial charge in [-0.05, 0) is 6.92 Å². The second-order valence-corrected chi connectivity index (χ2v) is 5.13. The van der Waals surface area contributed by atoms with Crippen molar-refractivity contribution in [2.24, 2.45) is 0 Å². The van der Waals surface area contributed by atoms with Crippen molar-refractivity contribution in [1.29, 1.82) is 0 Å². The van der Waals surface area contributed by atoms with Crippen LogP contribution < -0.4 is 5.32 Å². The van der Waals surface area contributed by atoms with E-state index in [1.165, 1.54) is 0 Å². The average molecular weight is 298 g/mol. The van der Waals surface area contributed by atoms with Crippen LogP contribution in [-0.4, -0.2) is 91.6 Å². The molecular weight excluding hydrogens is 276 g/mol. The molecule has 0 unspecified atom stereocenters. The number of carbonyl (C=O) groups is 3. The molecule has 3 amide bonds. The molecule has 2 rings (SSSR count). The third-order valence-electron chi connectivity index (χ3n) is 3.65. The fourth-order valence-electron chi connectivity index (χ4n) is 2.45.